The standard InChI is InChI=1S/C25H25BClN5O3S/c1-35-18-7-4-8-19(12-18)36(33,34)31-11-5-6-17(16-31)14-28-24-13-23(20-9-2-3-10-22(20)27)30-25-21(26)15-29-32(24)25/h2-4,7-10,12-13,15,17,28H,5-6,11,14,16H2,1H3. The summed E-state index contributed by atoms with van der Waals surface area (Å²) in [5.74, 6) is 1.33. The summed E-state index contributed by atoms with van der Waals surface area (Å²) < 4.78 is 35.0. The van der Waals surface area contributed by atoms with E-state index in [4.69, 9.17) is 24.2 Å². The summed E-state index contributed by atoms with van der Waals surface area (Å²) in [4.78, 5) is 4.91. The average molecular weight is 522 g/mol. The van der Waals surface area contributed by atoms with Crippen LogP contribution in [-0.4, -0.2) is 61.9 Å². The monoisotopic (exact) mass is 521 g/mol. The smallest absolute Gasteiger partial charge is 0.243 e. The van der Waals surface area contributed by atoms with E-state index in [1.165, 1.54) is 7.11 Å². The summed E-state index contributed by atoms with van der Waals surface area (Å²) in [5, 5.41) is 8.40. The molecule has 0 aliphatic carbocycles. The van der Waals surface area contributed by atoms with Crippen molar-refractivity contribution in [2.75, 3.05) is 32.1 Å². The lowest BCUT2D eigenvalue weighted by Crippen LogP contribution is -2.41. The number of fused-ring (bicyclic) bond motifs is 1. The van der Waals surface area contributed by atoms with Gasteiger partial charge in [0.25, 0.3) is 0 Å². The fourth-order valence-corrected chi connectivity index (χ4v) is 6.31. The van der Waals surface area contributed by atoms with Gasteiger partial charge in [0, 0.05) is 48.5 Å². The van der Waals surface area contributed by atoms with Gasteiger partial charge in [0.2, 0.25) is 10.0 Å². The van der Waals surface area contributed by atoms with Gasteiger partial charge in [-0.2, -0.15) is 13.9 Å². The zero-order valence-corrected chi connectivity index (χ0v) is 21.3. The maximum atomic E-state index is 13.3. The van der Waals surface area contributed by atoms with E-state index in [1.807, 2.05) is 30.3 Å². The number of hydrogen-bond acceptors (Lipinski definition) is 6. The van der Waals surface area contributed by atoms with Gasteiger partial charge in [-0.3, -0.25) is 0 Å². The minimum Gasteiger partial charge on any atom is -0.497 e. The van der Waals surface area contributed by atoms with E-state index in [0.29, 0.717) is 53.0 Å². The summed E-state index contributed by atoms with van der Waals surface area (Å²) in [6.45, 7) is 1.46. The van der Waals surface area contributed by atoms with Gasteiger partial charge in [-0.1, -0.05) is 35.9 Å². The molecular weight excluding hydrogens is 497 g/mol. The van der Waals surface area contributed by atoms with Gasteiger partial charge in [0.05, 0.1) is 17.7 Å². The molecule has 5 rings (SSSR count). The minimum atomic E-state index is -3.62. The van der Waals surface area contributed by atoms with Crippen molar-refractivity contribution in [2.45, 2.75) is 17.7 Å². The molecular formula is C25H25BClN5O3S. The largest absolute Gasteiger partial charge is 0.497 e. The van der Waals surface area contributed by atoms with Gasteiger partial charge in [-0.05, 0) is 42.4 Å². The van der Waals surface area contributed by atoms with E-state index in [1.54, 1.807) is 39.3 Å². The zero-order chi connectivity index (χ0) is 25.3. The number of piperidine rings is 1. The zero-order valence-electron chi connectivity index (χ0n) is 19.8. The number of methoxy groups -OCH3 is 1. The van der Waals surface area contributed by atoms with Crippen molar-refractivity contribution in [1.82, 2.24) is 18.9 Å². The fourth-order valence-electron chi connectivity index (χ4n) is 4.48. The third-order valence-electron chi connectivity index (χ3n) is 6.38. The quantitative estimate of drug-likeness (QED) is 0.375. The first-order chi connectivity index (χ1) is 17.4. The second kappa shape index (κ2) is 10.1. The first-order valence-electron chi connectivity index (χ1n) is 11.6. The second-order valence-corrected chi connectivity index (χ2v) is 11.1. The van der Waals surface area contributed by atoms with Gasteiger partial charge in [-0.25, -0.2) is 13.4 Å². The van der Waals surface area contributed by atoms with Crippen LogP contribution in [0.1, 0.15) is 12.8 Å². The van der Waals surface area contributed by atoms with E-state index in [2.05, 4.69) is 15.4 Å². The molecule has 4 aromatic rings. The third kappa shape index (κ3) is 4.80. The number of ether oxygens (including phenoxy) is 1. The maximum absolute atomic E-state index is 13.3. The van der Waals surface area contributed by atoms with Gasteiger partial charge in [0.1, 0.15) is 19.4 Å². The Labute approximate surface area is 216 Å². The van der Waals surface area contributed by atoms with Crippen LogP contribution in [-0.2, 0) is 10.0 Å². The number of benzene rings is 2. The van der Waals surface area contributed by atoms with Crippen LogP contribution in [0.3, 0.4) is 0 Å². The number of nitrogens with one attached hydrogen (secondary N) is 1. The predicted molar refractivity (Wildman–Crippen MR) is 142 cm³/mol. The molecule has 1 N–H and O–H groups in total. The average Bonchev–Trinajstić information content (AvgIpc) is 3.28. The van der Waals surface area contributed by atoms with E-state index in [-0.39, 0.29) is 10.8 Å². The highest BCUT2D eigenvalue weighted by Gasteiger charge is 2.30. The van der Waals surface area contributed by atoms with Crippen molar-refractivity contribution in [1.29, 1.82) is 0 Å². The molecule has 36 heavy (non-hydrogen) atoms. The SMILES string of the molecule is [B]c1cnn2c(NCC3CCCN(S(=O)(=O)c4cccc(OC)c4)C3)cc(-c3ccccc3Cl)nc12. The molecule has 11 heteroatoms. The highest BCUT2D eigenvalue weighted by atomic mass is 35.5. The highest BCUT2D eigenvalue weighted by molar-refractivity contribution is 7.89. The van der Waals surface area contributed by atoms with Crippen LogP contribution >= 0.6 is 11.6 Å². The first kappa shape index (κ1) is 24.6. The van der Waals surface area contributed by atoms with Gasteiger partial charge in [-0.15, -0.1) is 0 Å². The number of nitrogens with zero attached hydrogens (tertiary/aromatic N) is 4. The molecule has 2 aromatic heterocycles. The molecule has 0 saturated carbocycles. The number of rotatable bonds is 7. The Balaban J connectivity index is 1.37. The molecule has 1 fully saturated rings. The van der Waals surface area contributed by atoms with Gasteiger partial charge in [0.15, 0.2) is 5.65 Å². The Hall–Kier alpha value is -3.08. The number of hydrogen-bond donors (Lipinski definition) is 1. The van der Waals surface area contributed by atoms with Crippen LogP contribution in [0.4, 0.5) is 5.82 Å². The van der Waals surface area contributed by atoms with Crippen molar-refractivity contribution in [2.24, 2.45) is 5.92 Å². The van der Waals surface area contributed by atoms with E-state index >= 15 is 0 Å². The Bertz CT molecular complexity index is 1510. The molecule has 2 radical (unpaired) electrons. The van der Waals surface area contributed by atoms with E-state index in [0.717, 1.165) is 18.4 Å². The maximum Gasteiger partial charge on any atom is 0.243 e. The Kier molecular flexibility index (Phi) is 6.92. The van der Waals surface area contributed by atoms with Crippen LogP contribution in [0.2, 0.25) is 5.02 Å². The molecule has 0 amide bonds. The number of anilines is 1. The molecule has 0 bridgehead atoms. The molecule has 1 unspecified atom stereocenters. The molecule has 1 atom stereocenters. The molecule has 3 heterocycles. The van der Waals surface area contributed by atoms with Crippen LogP contribution < -0.4 is 15.5 Å². The second-order valence-electron chi connectivity index (χ2n) is 8.77. The molecule has 2 aromatic carbocycles. The normalized spacial score (nSPS) is 16.8. The van der Waals surface area contributed by atoms with Crippen LogP contribution in [0.25, 0.3) is 16.9 Å². The fraction of sp³-hybridized carbons (Fsp3) is 0.280. The lowest BCUT2D eigenvalue weighted by Gasteiger charge is -2.32. The highest BCUT2D eigenvalue weighted by Crippen LogP contribution is 2.29. The van der Waals surface area contributed by atoms with Gasteiger partial charge < -0.3 is 10.1 Å². The number of sulfonamides is 1. The third-order valence-corrected chi connectivity index (χ3v) is 8.57. The lowest BCUT2D eigenvalue weighted by molar-refractivity contribution is 0.275. The summed E-state index contributed by atoms with van der Waals surface area (Å²) in [5.41, 5.74) is 2.45. The predicted octanol–water partition coefficient (Wildman–Crippen LogP) is 3.36. The van der Waals surface area contributed by atoms with Gasteiger partial charge >= 0.3 is 0 Å². The Morgan fingerprint density at radius 2 is 2.03 bits per heavy atom. The minimum absolute atomic E-state index is 0.110. The number of aromatic nitrogens is 3. The van der Waals surface area contributed by atoms with Crippen LogP contribution in [0.5, 0.6) is 5.75 Å². The van der Waals surface area contributed by atoms with E-state index in [9.17, 15) is 8.42 Å². The van der Waals surface area contributed by atoms with Crippen molar-refractivity contribution in [3.05, 3.63) is 65.8 Å². The van der Waals surface area contributed by atoms with Crippen LogP contribution in [0.15, 0.2) is 65.7 Å². The van der Waals surface area contributed by atoms with Crippen molar-refractivity contribution in [3.63, 3.8) is 0 Å². The number of halogens is 1. The van der Waals surface area contributed by atoms with E-state index < -0.39 is 10.0 Å². The summed E-state index contributed by atoms with van der Waals surface area (Å²) in [6.07, 6.45) is 3.25. The molecule has 0 spiro atoms. The summed E-state index contributed by atoms with van der Waals surface area (Å²) in [7, 11) is 4.02. The first-order valence-corrected chi connectivity index (χ1v) is 13.5. The molecule has 1 aliphatic rings. The lowest BCUT2D eigenvalue weighted by atomic mass is 9.99. The molecule has 8 nitrogen and oxygen atoms in total. The molecule has 184 valence electrons. The Morgan fingerprint density at radius 1 is 1.19 bits per heavy atom. The summed E-state index contributed by atoms with van der Waals surface area (Å²) in [6, 6.07) is 16.0. The van der Waals surface area contributed by atoms with Crippen molar-refractivity contribution >= 4 is 46.4 Å². The molecule has 1 aliphatic heterocycles. The molecule has 1 saturated heterocycles. The van der Waals surface area contributed by atoms with Crippen molar-refractivity contribution < 1.29 is 13.2 Å². The van der Waals surface area contributed by atoms with Crippen molar-refractivity contribution in [3.8, 4) is 17.0 Å². The Morgan fingerprint density at radius 3 is 2.83 bits per heavy atom. The summed E-state index contributed by atoms with van der Waals surface area (Å²) >= 11 is 6.42. The topological polar surface area (TPSA) is 88.8 Å². The van der Waals surface area contributed by atoms with Crippen LogP contribution in [0, 0.1) is 5.92 Å².